The van der Waals surface area contributed by atoms with E-state index in [2.05, 4.69) is 0 Å². The summed E-state index contributed by atoms with van der Waals surface area (Å²) in [6.07, 6.45) is 1.85. The van der Waals surface area contributed by atoms with Gasteiger partial charge >= 0.3 is 5.97 Å². The molecule has 1 aliphatic heterocycles. The SMILES string of the molecule is C/C=C(\C)C(=O)Oc1ccc(OC)cc1[C@H]1O[C@H]1C. The van der Waals surface area contributed by atoms with Crippen molar-refractivity contribution in [3.8, 4) is 11.5 Å². The second kappa shape index (κ2) is 5.45. The van der Waals surface area contributed by atoms with Gasteiger partial charge in [-0.15, -0.1) is 0 Å². The van der Waals surface area contributed by atoms with Gasteiger partial charge in [0.1, 0.15) is 17.6 Å². The Labute approximate surface area is 113 Å². The number of rotatable bonds is 4. The summed E-state index contributed by atoms with van der Waals surface area (Å²) in [5.41, 5.74) is 1.43. The Hall–Kier alpha value is -1.81. The molecule has 19 heavy (non-hydrogen) atoms. The highest BCUT2D eigenvalue weighted by atomic mass is 16.6. The number of ether oxygens (including phenoxy) is 3. The number of epoxide rings is 1. The Morgan fingerprint density at radius 3 is 2.63 bits per heavy atom. The number of carbonyl (C=O) groups is 1. The van der Waals surface area contributed by atoms with E-state index in [0.29, 0.717) is 11.3 Å². The fourth-order valence-corrected chi connectivity index (χ4v) is 1.78. The standard InChI is InChI=1S/C15H18O4/c1-5-9(2)15(16)19-13-7-6-11(17-4)8-12(13)14-10(3)18-14/h5-8,10,14H,1-4H3/b9-5+/t10-,14-/m0/s1. The van der Waals surface area contributed by atoms with Crippen LogP contribution < -0.4 is 9.47 Å². The Bertz CT molecular complexity index is 519. The molecule has 0 aliphatic carbocycles. The average molecular weight is 262 g/mol. The smallest absolute Gasteiger partial charge is 0.338 e. The highest BCUT2D eigenvalue weighted by Gasteiger charge is 2.38. The lowest BCUT2D eigenvalue weighted by molar-refractivity contribution is -0.130. The fraction of sp³-hybridized carbons (Fsp3) is 0.400. The van der Waals surface area contributed by atoms with Crippen molar-refractivity contribution in [3.63, 3.8) is 0 Å². The minimum Gasteiger partial charge on any atom is -0.497 e. The van der Waals surface area contributed by atoms with Crippen LogP contribution in [0.5, 0.6) is 11.5 Å². The van der Waals surface area contributed by atoms with E-state index < -0.39 is 0 Å². The topological polar surface area (TPSA) is 48.1 Å². The summed E-state index contributed by atoms with van der Waals surface area (Å²) >= 11 is 0. The molecule has 0 N–H and O–H groups in total. The Morgan fingerprint density at radius 1 is 1.42 bits per heavy atom. The van der Waals surface area contributed by atoms with Crippen LogP contribution in [-0.4, -0.2) is 19.2 Å². The third-order valence-corrected chi connectivity index (χ3v) is 3.19. The minimum absolute atomic E-state index is 0.0242. The zero-order valence-corrected chi connectivity index (χ0v) is 11.6. The van der Waals surface area contributed by atoms with Crippen molar-refractivity contribution in [3.05, 3.63) is 35.4 Å². The zero-order valence-electron chi connectivity index (χ0n) is 11.6. The fourth-order valence-electron chi connectivity index (χ4n) is 1.78. The van der Waals surface area contributed by atoms with Crippen LogP contribution in [0.25, 0.3) is 0 Å². The van der Waals surface area contributed by atoms with Gasteiger partial charge in [0.05, 0.1) is 13.2 Å². The predicted molar refractivity (Wildman–Crippen MR) is 71.3 cm³/mol. The lowest BCUT2D eigenvalue weighted by Crippen LogP contribution is -2.10. The number of benzene rings is 1. The minimum atomic E-state index is -0.345. The number of esters is 1. The summed E-state index contributed by atoms with van der Waals surface area (Å²) in [6, 6.07) is 5.36. The summed E-state index contributed by atoms with van der Waals surface area (Å²) in [4.78, 5) is 11.8. The number of methoxy groups -OCH3 is 1. The zero-order chi connectivity index (χ0) is 14.0. The third kappa shape index (κ3) is 2.96. The molecule has 2 atom stereocenters. The number of carbonyl (C=O) groups excluding carboxylic acids is 1. The van der Waals surface area contributed by atoms with E-state index in [4.69, 9.17) is 14.2 Å². The van der Waals surface area contributed by atoms with E-state index in [-0.39, 0.29) is 18.2 Å². The maximum absolute atomic E-state index is 11.8. The van der Waals surface area contributed by atoms with Gasteiger partial charge in [0.2, 0.25) is 0 Å². The Morgan fingerprint density at radius 2 is 2.11 bits per heavy atom. The molecular weight excluding hydrogens is 244 g/mol. The van der Waals surface area contributed by atoms with Gasteiger partial charge in [-0.2, -0.15) is 0 Å². The van der Waals surface area contributed by atoms with E-state index in [1.165, 1.54) is 0 Å². The highest BCUT2D eigenvalue weighted by Crippen LogP contribution is 2.44. The van der Waals surface area contributed by atoms with Gasteiger partial charge in [0, 0.05) is 11.1 Å². The van der Waals surface area contributed by atoms with E-state index in [9.17, 15) is 4.79 Å². The second-order valence-corrected chi connectivity index (χ2v) is 4.53. The van der Waals surface area contributed by atoms with Crippen LogP contribution in [0.3, 0.4) is 0 Å². The van der Waals surface area contributed by atoms with Crippen molar-refractivity contribution in [1.29, 1.82) is 0 Å². The molecule has 4 heteroatoms. The molecule has 1 aromatic rings. The van der Waals surface area contributed by atoms with Crippen LogP contribution in [0.4, 0.5) is 0 Å². The molecule has 1 aromatic carbocycles. The maximum Gasteiger partial charge on any atom is 0.338 e. The molecule has 0 amide bonds. The van der Waals surface area contributed by atoms with Crippen LogP contribution >= 0.6 is 0 Å². The van der Waals surface area contributed by atoms with Crippen molar-refractivity contribution >= 4 is 5.97 Å². The van der Waals surface area contributed by atoms with E-state index in [1.54, 1.807) is 39.2 Å². The first-order valence-corrected chi connectivity index (χ1v) is 6.25. The lowest BCUT2D eigenvalue weighted by atomic mass is 10.1. The van der Waals surface area contributed by atoms with E-state index in [1.807, 2.05) is 13.0 Å². The van der Waals surface area contributed by atoms with E-state index in [0.717, 1.165) is 11.3 Å². The van der Waals surface area contributed by atoms with Crippen LogP contribution in [0, 0.1) is 0 Å². The molecule has 1 aliphatic rings. The molecule has 4 nitrogen and oxygen atoms in total. The van der Waals surface area contributed by atoms with Crippen molar-refractivity contribution < 1.29 is 19.0 Å². The van der Waals surface area contributed by atoms with Crippen LogP contribution in [0.2, 0.25) is 0 Å². The average Bonchev–Trinajstić information content (AvgIpc) is 3.15. The number of allylic oxidation sites excluding steroid dienone is 1. The van der Waals surface area contributed by atoms with Crippen molar-refractivity contribution in [1.82, 2.24) is 0 Å². The van der Waals surface area contributed by atoms with Crippen LogP contribution in [-0.2, 0) is 9.53 Å². The number of hydrogen-bond donors (Lipinski definition) is 0. The van der Waals surface area contributed by atoms with Gasteiger partial charge in [-0.25, -0.2) is 4.79 Å². The Kier molecular flexibility index (Phi) is 3.90. The summed E-state index contributed by atoms with van der Waals surface area (Å²) in [7, 11) is 1.60. The summed E-state index contributed by atoms with van der Waals surface area (Å²) in [6.45, 7) is 5.51. The quantitative estimate of drug-likeness (QED) is 0.362. The lowest BCUT2D eigenvalue weighted by Gasteiger charge is -2.10. The second-order valence-electron chi connectivity index (χ2n) is 4.53. The number of hydrogen-bond acceptors (Lipinski definition) is 4. The van der Waals surface area contributed by atoms with E-state index >= 15 is 0 Å². The molecule has 0 spiro atoms. The van der Waals surface area contributed by atoms with Gasteiger partial charge in [-0.05, 0) is 39.0 Å². The monoisotopic (exact) mass is 262 g/mol. The van der Waals surface area contributed by atoms with Crippen molar-refractivity contribution in [2.45, 2.75) is 33.0 Å². The summed E-state index contributed by atoms with van der Waals surface area (Å²) in [5.74, 6) is 0.906. The third-order valence-electron chi connectivity index (χ3n) is 3.19. The largest absolute Gasteiger partial charge is 0.497 e. The molecule has 0 radical (unpaired) electrons. The first-order valence-electron chi connectivity index (χ1n) is 6.25. The first kappa shape index (κ1) is 13.6. The molecule has 1 heterocycles. The maximum atomic E-state index is 11.8. The van der Waals surface area contributed by atoms with Gasteiger partial charge in [0.25, 0.3) is 0 Å². The summed E-state index contributed by atoms with van der Waals surface area (Å²) < 4.78 is 16.0. The molecule has 0 unspecified atom stereocenters. The molecular formula is C15H18O4. The molecule has 1 fully saturated rings. The molecule has 1 saturated heterocycles. The normalized spacial score (nSPS) is 22.0. The molecule has 102 valence electrons. The predicted octanol–water partition coefficient (Wildman–Crippen LogP) is 3.03. The first-order chi connectivity index (χ1) is 9.06. The summed E-state index contributed by atoms with van der Waals surface area (Å²) in [5, 5.41) is 0. The van der Waals surface area contributed by atoms with Gasteiger partial charge < -0.3 is 14.2 Å². The molecule has 0 bridgehead atoms. The molecule has 0 aromatic heterocycles. The molecule has 0 saturated carbocycles. The highest BCUT2D eigenvalue weighted by molar-refractivity contribution is 5.89. The van der Waals surface area contributed by atoms with Crippen molar-refractivity contribution in [2.75, 3.05) is 7.11 Å². The van der Waals surface area contributed by atoms with Gasteiger partial charge in [-0.1, -0.05) is 6.08 Å². The Balaban J connectivity index is 2.27. The van der Waals surface area contributed by atoms with Crippen LogP contribution in [0.1, 0.15) is 32.4 Å². The van der Waals surface area contributed by atoms with Crippen LogP contribution in [0.15, 0.2) is 29.8 Å². The van der Waals surface area contributed by atoms with Crippen molar-refractivity contribution in [2.24, 2.45) is 0 Å². The van der Waals surface area contributed by atoms with Gasteiger partial charge in [-0.3, -0.25) is 0 Å². The van der Waals surface area contributed by atoms with Gasteiger partial charge in [0.15, 0.2) is 0 Å². The molecule has 2 rings (SSSR count).